The Morgan fingerprint density at radius 1 is 1.29 bits per heavy atom. The van der Waals surface area contributed by atoms with Gasteiger partial charge in [-0.3, -0.25) is 5.10 Å². The van der Waals surface area contributed by atoms with Crippen LogP contribution in [0.15, 0.2) is 24.3 Å². The van der Waals surface area contributed by atoms with E-state index < -0.39 is 5.97 Å². The molecule has 0 radical (unpaired) electrons. The number of carbonyl (C=O) groups excluding carboxylic acids is 1. The molecule has 2 aromatic rings. The summed E-state index contributed by atoms with van der Waals surface area (Å²) in [5.74, 6) is -0.545. The molecule has 0 atom stereocenters. The standard InChI is InChI=1S/C11H12N4O2/c1-17-11(16)10-8(13)9(14-15-10)6-2-4-7(12)5-3-6/h2-5H,12-13H2,1H3,(H,14,15). The van der Waals surface area contributed by atoms with E-state index in [4.69, 9.17) is 11.5 Å². The first-order valence-electron chi connectivity index (χ1n) is 4.91. The minimum Gasteiger partial charge on any atom is -0.464 e. The van der Waals surface area contributed by atoms with Crippen molar-refractivity contribution < 1.29 is 9.53 Å². The summed E-state index contributed by atoms with van der Waals surface area (Å²) in [6, 6.07) is 7.04. The van der Waals surface area contributed by atoms with E-state index in [2.05, 4.69) is 14.9 Å². The zero-order valence-corrected chi connectivity index (χ0v) is 9.23. The number of benzene rings is 1. The topological polar surface area (TPSA) is 107 Å². The fraction of sp³-hybridized carbons (Fsp3) is 0.0909. The second kappa shape index (κ2) is 4.17. The first-order valence-corrected chi connectivity index (χ1v) is 4.91. The van der Waals surface area contributed by atoms with Gasteiger partial charge < -0.3 is 16.2 Å². The van der Waals surface area contributed by atoms with Crippen LogP contribution in [-0.4, -0.2) is 23.3 Å². The van der Waals surface area contributed by atoms with Crippen molar-refractivity contribution >= 4 is 17.3 Å². The number of carbonyl (C=O) groups is 1. The predicted molar refractivity (Wildman–Crippen MR) is 64.2 cm³/mol. The van der Waals surface area contributed by atoms with Crippen LogP contribution in [0.5, 0.6) is 0 Å². The van der Waals surface area contributed by atoms with E-state index in [1.165, 1.54) is 7.11 Å². The summed E-state index contributed by atoms with van der Waals surface area (Å²) in [6.45, 7) is 0. The van der Waals surface area contributed by atoms with Crippen LogP contribution in [0.1, 0.15) is 10.5 Å². The highest BCUT2D eigenvalue weighted by atomic mass is 16.5. The molecule has 0 aliphatic carbocycles. The number of nitrogens with zero attached hydrogens (tertiary/aromatic N) is 1. The van der Waals surface area contributed by atoms with Gasteiger partial charge in [-0.15, -0.1) is 0 Å². The molecule has 1 heterocycles. The average molecular weight is 232 g/mol. The molecule has 1 aromatic heterocycles. The van der Waals surface area contributed by atoms with E-state index in [-0.39, 0.29) is 11.4 Å². The molecular weight excluding hydrogens is 220 g/mol. The molecule has 6 nitrogen and oxygen atoms in total. The second-order valence-corrected chi connectivity index (χ2v) is 3.47. The van der Waals surface area contributed by atoms with Crippen LogP contribution in [0.4, 0.5) is 11.4 Å². The molecule has 88 valence electrons. The summed E-state index contributed by atoms with van der Waals surface area (Å²) in [6.07, 6.45) is 0. The van der Waals surface area contributed by atoms with Gasteiger partial charge in [0.1, 0.15) is 5.69 Å². The van der Waals surface area contributed by atoms with E-state index in [1.54, 1.807) is 24.3 Å². The van der Waals surface area contributed by atoms with Gasteiger partial charge in [0.05, 0.1) is 12.8 Å². The zero-order chi connectivity index (χ0) is 12.4. The van der Waals surface area contributed by atoms with Crippen LogP contribution in [0.25, 0.3) is 11.3 Å². The molecule has 0 spiro atoms. The Balaban J connectivity index is 2.44. The Morgan fingerprint density at radius 3 is 2.53 bits per heavy atom. The lowest BCUT2D eigenvalue weighted by Crippen LogP contribution is -2.05. The molecule has 6 heteroatoms. The molecule has 1 aromatic carbocycles. The molecule has 0 fully saturated rings. The Morgan fingerprint density at radius 2 is 1.94 bits per heavy atom. The number of aromatic amines is 1. The van der Waals surface area contributed by atoms with Crippen LogP contribution in [0.2, 0.25) is 0 Å². The number of nitrogens with one attached hydrogen (secondary N) is 1. The Labute approximate surface area is 97.6 Å². The number of ether oxygens (including phenoxy) is 1. The number of nitrogen functional groups attached to an aromatic ring is 2. The van der Waals surface area contributed by atoms with Gasteiger partial charge in [0.15, 0.2) is 5.69 Å². The largest absolute Gasteiger partial charge is 0.464 e. The van der Waals surface area contributed by atoms with Gasteiger partial charge in [-0.1, -0.05) is 12.1 Å². The maximum absolute atomic E-state index is 11.3. The lowest BCUT2D eigenvalue weighted by atomic mass is 10.1. The van der Waals surface area contributed by atoms with Crippen molar-refractivity contribution in [2.45, 2.75) is 0 Å². The number of methoxy groups -OCH3 is 1. The summed E-state index contributed by atoms with van der Waals surface area (Å²) >= 11 is 0. The zero-order valence-electron chi connectivity index (χ0n) is 9.23. The maximum atomic E-state index is 11.3. The van der Waals surface area contributed by atoms with Crippen molar-refractivity contribution in [2.24, 2.45) is 0 Å². The summed E-state index contributed by atoms with van der Waals surface area (Å²) < 4.78 is 4.58. The number of H-pyrrole nitrogens is 1. The van der Waals surface area contributed by atoms with Gasteiger partial charge in [-0.2, -0.15) is 5.10 Å². The van der Waals surface area contributed by atoms with E-state index in [9.17, 15) is 4.79 Å². The van der Waals surface area contributed by atoms with Gasteiger partial charge in [-0.05, 0) is 12.1 Å². The van der Waals surface area contributed by atoms with Gasteiger partial charge in [0, 0.05) is 11.3 Å². The highest BCUT2D eigenvalue weighted by Gasteiger charge is 2.17. The molecule has 17 heavy (non-hydrogen) atoms. The fourth-order valence-electron chi connectivity index (χ4n) is 1.47. The first-order chi connectivity index (χ1) is 8.13. The summed E-state index contributed by atoms with van der Waals surface area (Å²) in [4.78, 5) is 11.3. The van der Waals surface area contributed by atoms with Gasteiger partial charge in [-0.25, -0.2) is 4.79 Å². The Hall–Kier alpha value is -2.50. The highest BCUT2D eigenvalue weighted by molar-refractivity contribution is 5.96. The van der Waals surface area contributed by atoms with Crippen molar-refractivity contribution in [3.63, 3.8) is 0 Å². The minimum atomic E-state index is -0.545. The van der Waals surface area contributed by atoms with Crippen molar-refractivity contribution in [3.05, 3.63) is 30.0 Å². The highest BCUT2D eigenvalue weighted by Crippen LogP contribution is 2.26. The molecule has 0 unspecified atom stereocenters. The van der Waals surface area contributed by atoms with Crippen LogP contribution >= 0.6 is 0 Å². The number of anilines is 2. The first kappa shape index (κ1) is 11.0. The number of aromatic nitrogens is 2. The molecular formula is C11H12N4O2. The lowest BCUT2D eigenvalue weighted by molar-refractivity contribution is 0.0595. The number of hydrogen-bond donors (Lipinski definition) is 3. The minimum absolute atomic E-state index is 0.152. The molecule has 0 saturated heterocycles. The number of esters is 1. The van der Waals surface area contributed by atoms with E-state index in [0.29, 0.717) is 11.4 Å². The summed E-state index contributed by atoms with van der Waals surface area (Å²) in [5.41, 5.74) is 13.8. The number of hydrogen-bond acceptors (Lipinski definition) is 5. The van der Waals surface area contributed by atoms with Gasteiger partial charge in [0.25, 0.3) is 0 Å². The van der Waals surface area contributed by atoms with Crippen molar-refractivity contribution in [1.82, 2.24) is 10.2 Å². The summed E-state index contributed by atoms with van der Waals surface area (Å²) in [7, 11) is 1.28. The lowest BCUT2D eigenvalue weighted by Gasteiger charge is -2.00. The third-order valence-corrected chi connectivity index (χ3v) is 2.38. The van der Waals surface area contributed by atoms with E-state index >= 15 is 0 Å². The smallest absolute Gasteiger partial charge is 0.358 e. The molecule has 0 saturated carbocycles. The second-order valence-electron chi connectivity index (χ2n) is 3.47. The average Bonchev–Trinajstić information content (AvgIpc) is 2.71. The van der Waals surface area contributed by atoms with Crippen LogP contribution in [-0.2, 0) is 4.74 Å². The van der Waals surface area contributed by atoms with Gasteiger partial charge in [0.2, 0.25) is 0 Å². The predicted octanol–water partition coefficient (Wildman–Crippen LogP) is 1.03. The SMILES string of the molecule is COC(=O)c1[nH]nc(-c2ccc(N)cc2)c1N. The van der Waals surface area contributed by atoms with Crippen LogP contribution < -0.4 is 11.5 Å². The van der Waals surface area contributed by atoms with E-state index in [1.807, 2.05) is 0 Å². The monoisotopic (exact) mass is 232 g/mol. The van der Waals surface area contributed by atoms with Gasteiger partial charge >= 0.3 is 5.97 Å². The molecule has 0 bridgehead atoms. The number of nitrogens with two attached hydrogens (primary N) is 2. The quantitative estimate of drug-likeness (QED) is 0.529. The Bertz CT molecular complexity index is 545. The molecule has 2 rings (SSSR count). The van der Waals surface area contributed by atoms with E-state index in [0.717, 1.165) is 5.56 Å². The third kappa shape index (κ3) is 1.92. The van der Waals surface area contributed by atoms with Crippen LogP contribution in [0.3, 0.4) is 0 Å². The fourth-order valence-corrected chi connectivity index (χ4v) is 1.47. The number of rotatable bonds is 2. The van der Waals surface area contributed by atoms with Crippen molar-refractivity contribution in [2.75, 3.05) is 18.6 Å². The third-order valence-electron chi connectivity index (χ3n) is 2.38. The molecule has 0 aliphatic rings. The Kier molecular flexibility index (Phi) is 2.70. The molecule has 0 amide bonds. The van der Waals surface area contributed by atoms with Crippen molar-refractivity contribution in [3.8, 4) is 11.3 Å². The molecule has 0 aliphatic heterocycles. The van der Waals surface area contributed by atoms with Crippen LogP contribution in [0, 0.1) is 0 Å². The summed E-state index contributed by atoms with van der Waals surface area (Å²) in [5, 5.41) is 6.55. The van der Waals surface area contributed by atoms with Crippen molar-refractivity contribution in [1.29, 1.82) is 0 Å². The maximum Gasteiger partial charge on any atom is 0.358 e. The normalized spacial score (nSPS) is 10.2. The molecule has 5 N–H and O–H groups in total.